The Morgan fingerprint density at radius 3 is 2.52 bits per heavy atom. The first-order valence-electron chi connectivity index (χ1n) is 6.65. The molecular formula is C14H21N3O4. The average molecular weight is 295 g/mol. The van der Waals surface area contributed by atoms with E-state index in [1.54, 1.807) is 20.2 Å². The minimum Gasteiger partial charge on any atom is -0.396 e. The molecular weight excluding hydrogens is 274 g/mol. The molecule has 0 saturated heterocycles. The van der Waals surface area contributed by atoms with Crippen LogP contribution in [0.1, 0.15) is 24.2 Å². The van der Waals surface area contributed by atoms with Crippen LogP contribution in [-0.4, -0.2) is 47.6 Å². The summed E-state index contributed by atoms with van der Waals surface area (Å²) in [4.78, 5) is 23.9. The summed E-state index contributed by atoms with van der Waals surface area (Å²) < 4.78 is 0. The summed E-state index contributed by atoms with van der Waals surface area (Å²) in [7, 11) is 3.18. The summed E-state index contributed by atoms with van der Waals surface area (Å²) in [6.45, 7) is 3.66. The first kappa shape index (κ1) is 16.9. The molecule has 0 aliphatic heterocycles. The van der Waals surface area contributed by atoms with Crippen molar-refractivity contribution in [1.29, 1.82) is 0 Å². The van der Waals surface area contributed by atoms with E-state index >= 15 is 0 Å². The van der Waals surface area contributed by atoms with E-state index in [9.17, 15) is 14.9 Å². The first-order chi connectivity index (χ1) is 9.77. The smallest absolute Gasteiger partial charge is 0.293 e. The number of aliphatic hydroxyl groups excluding tert-OH is 1. The number of nitro benzene ring substituents is 1. The number of carbonyl (C=O) groups excluding carboxylic acids is 1. The predicted molar refractivity (Wildman–Crippen MR) is 80.4 cm³/mol. The van der Waals surface area contributed by atoms with Crippen molar-refractivity contribution in [2.75, 3.05) is 26.0 Å². The van der Waals surface area contributed by atoms with Gasteiger partial charge in [-0.3, -0.25) is 14.9 Å². The van der Waals surface area contributed by atoms with Crippen LogP contribution in [0.4, 0.5) is 11.4 Å². The van der Waals surface area contributed by atoms with Gasteiger partial charge in [-0.25, -0.2) is 0 Å². The van der Waals surface area contributed by atoms with Gasteiger partial charge in [-0.2, -0.15) is 0 Å². The third-order valence-electron chi connectivity index (χ3n) is 3.37. The van der Waals surface area contributed by atoms with E-state index < -0.39 is 4.92 Å². The Labute approximate surface area is 123 Å². The molecule has 0 bridgehead atoms. The van der Waals surface area contributed by atoms with Gasteiger partial charge in [-0.15, -0.1) is 0 Å². The molecule has 2 N–H and O–H groups in total. The maximum Gasteiger partial charge on any atom is 0.293 e. The lowest BCUT2D eigenvalue weighted by atomic mass is 10.0. The lowest BCUT2D eigenvalue weighted by Gasteiger charge is -2.20. The molecule has 0 aromatic heterocycles. The molecule has 0 radical (unpaired) electrons. The SMILES string of the molecule is CC(CO)C(C)Nc1ccc(C(=O)N(C)C)cc1[N+](=O)[O-]. The average Bonchev–Trinajstić information content (AvgIpc) is 2.45. The Hall–Kier alpha value is -2.15. The van der Waals surface area contributed by atoms with Crippen LogP contribution in [0.3, 0.4) is 0 Å². The second-order valence-corrected chi connectivity index (χ2v) is 5.28. The van der Waals surface area contributed by atoms with Crippen molar-refractivity contribution in [2.24, 2.45) is 5.92 Å². The molecule has 1 aromatic carbocycles. The monoisotopic (exact) mass is 295 g/mol. The Morgan fingerprint density at radius 1 is 1.43 bits per heavy atom. The molecule has 116 valence electrons. The van der Waals surface area contributed by atoms with Crippen LogP contribution in [0.15, 0.2) is 18.2 Å². The zero-order chi connectivity index (χ0) is 16.2. The Balaban J connectivity index is 3.11. The Morgan fingerprint density at radius 2 is 2.05 bits per heavy atom. The van der Waals surface area contributed by atoms with Crippen LogP contribution >= 0.6 is 0 Å². The molecule has 0 heterocycles. The van der Waals surface area contributed by atoms with E-state index in [1.165, 1.54) is 17.0 Å². The van der Waals surface area contributed by atoms with Crippen LogP contribution in [0.5, 0.6) is 0 Å². The Kier molecular flexibility index (Phi) is 5.66. The molecule has 1 rings (SSSR count). The lowest BCUT2D eigenvalue weighted by molar-refractivity contribution is -0.384. The number of nitro groups is 1. The number of anilines is 1. The van der Waals surface area contributed by atoms with E-state index in [4.69, 9.17) is 5.11 Å². The third-order valence-corrected chi connectivity index (χ3v) is 3.37. The summed E-state index contributed by atoms with van der Waals surface area (Å²) >= 11 is 0. The maximum absolute atomic E-state index is 11.9. The van der Waals surface area contributed by atoms with E-state index in [0.29, 0.717) is 5.69 Å². The predicted octanol–water partition coefficient (Wildman–Crippen LogP) is 1.73. The standard InChI is InChI=1S/C14H21N3O4/c1-9(8-18)10(2)15-12-6-5-11(14(19)16(3)4)7-13(12)17(20)21/h5-7,9-10,15,18H,8H2,1-4H3. The van der Waals surface area contributed by atoms with Crippen molar-refractivity contribution in [1.82, 2.24) is 4.90 Å². The largest absolute Gasteiger partial charge is 0.396 e. The van der Waals surface area contributed by atoms with E-state index in [1.807, 2.05) is 13.8 Å². The fourth-order valence-corrected chi connectivity index (χ4v) is 1.74. The molecule has 0 spiro atoms. The molecule has 1 amide bonds. The van der Waals surface area contributed by atoms with E-state index in [2.05, 4.69) is 5.32 Å². The van der Waals surface area contributed by atoms with Crippen molar-refractivity contribution >= 4 is 17.3 Å². The van der Waals surface area contributed by atoms with Gasteiger partial charge in [0.1, 0.15) is 5.69 Å². The van der Waals surface area contributed by atoms with Gasteiger partial charge >= 0.3 is 0 Å². The molecule has 2 unspecified atom stereocenters. The fourth-order valence-electron chi connectivity index (χ4n) is 1.74. The summed E-state index contributed by atoms with van der Waals surface area (Å²) in [6, 6.07) is 4.20. The summed E-state index contributed by atoms with van der Waals surface area (Å²) in [5.74, 6) is -0.339. The van der Waals surface area contributed by atoms with Crippen LogP contribution in [0, 0.1) is 16.0 Å². The minimum absolute atomic E-state index is 0.0147. The van der Waals surface area contributed by atoms with Crippen LogP contribution in [0.2, 0.25) is 0 Å². The van der Waals surface area contributed by atoms with E-state index in [0.717, 1.165) is 0 Å². The van der Waals surface area contributed by atoms with Crippen molar-refractivity contribution in [2.45, 2.75) is 19.9 Å². The minimum atomic E-state index is -0.523. The van der Waals surface area contributed by atoms with Gasteiger partial charge in [0.25, 0.3) is 11.6 Å². The van der Waals surface area contributed by atoms with Gasteiger partial charge in [0.15, 0.2) is 0 Å². The van der Waals surface area contributed by atoms with Gasteiger partial charge in [0, 0.05) is 38.4 Å². The molecule has 0 fully saturated rings. The van der Waals surface area contributed by atoms with Gasteiger partial charge in [0.05, 0.1) is 4.92 Å². The van der Waals surface area contributed by atoms with Gasteiger partial charge in [0.2, 0.25) is 0 Å². The number of aliphatic hydroxyl groups is 1. The number of nitrogens with zero attached hydrogens (tertiary/aromatic N) is 2. The lowest BCUT2D eigenvalue weighted by Crippen LogP contribution is -2.27. The van der Waals surface area contributed by atoms with E-state index in [-0.39, 0.29) is 35.7 Å². The number of rotatable bonds is 6. The number of hydrogen-bond donors (Lipinski definition) is 2. The zero-order valence-corrected chi connectivity index (χ0v) is 12.7. The van der Waals surface area contributed by atoms with Gasteiger partial charge < -0.3 is 15.3 Å². The summed E-state index contributed by atoms with van der Waals surface area (Å²) in [6.07, 6.45) is 0. The number of amides is 1. The quantitative estimate of drug-likeness (QED) is 0.615. The van der Waals surface area contributed by atoms with Crippen molar-refractivity contribution in [3.63, 3.8) is 0 Å². The number of benzene rings is 1. The molecule has 0 saturated carbocycles. The summed E-state index contributed by atoms with van der Waals surface area (Å²) in [5, 5.41) is 23.3. The highest BCUT2D eigenvalue weighted by Gasteiger charge is 2.21. The number of nitrogens with one attached hydrogen (secondary N) is 1. The van der Waals surface area contributed by atoms with Gasteiger partial charge in [-0.05, 0) is 25.0 Å². The normalized spacial score (nSPS) is 13.4. The van der Waals surface area contributed by atoms with Crippen LogP contribution in [0.25, 0.3) is 0 Å². The number of carbonyl (C=O) groups is 1. The number of hydrogen-bond acceptors (Lipinski definition) is 5. The van der Waals surface area contributed by atoms with Crippen molar-refractivity contribution in [3.05, 3.63) is 33.9 Å². The molecule has 1 aromatic rings. The highest BCUT2D eigenvalue weighted by atomic mass is 16.6. The Bertz CT molecular complexity index is 531. The molecule has 2 atom stereocenters. The second kappa shape index (κ2) is 7.03. The molecule has 0 aliphatic carbocycles. The molecule has 7 nitrogen and oxygen atoms in total. The van der Waals surface area contributed by atoms with Gasteiger partial charge in [-0.1, -0.05) is 6.92 Å². The van der Waals surface area contributed by atoms with Crippen molar-refractivity contribution < 1.29 is 14.8 Å². The molecule has 0 aliphatic rings. The zero-order valence-electron chi connectivity index (χ0n) is 12.7. The summed E-state index contributed by atoms with van der Waals surface area (Å²) in [5.41, 5.74) is 0.447. The first-order valence-corrected chi connectivity index (χ1v) is 6.65. The topological polar surface area (TPSA) is 95.7 Å². The van der Waals surface area contributed by atoms with Crippen molar-refractivity contribution in [3.8, 4) is 0 Å². The highest BCUT2D eigenvalue weighted by Crippen LogP contribution is 2.27. The van der Waals surface area contributed by atoms with Crippen LogP contribution in [-0.2, 0) is 0 Å². The molecule has 7 heteroatoms. The molecule has 21 heavy (non-hydrogen) atoms. The fraction of sp³-hybridized carbons (Fsp3) is 0.500. The highest BCUT2D eigenvalue weighted by molar-refractivity contribution is 5.95. The third kappa shape index (κ3) is 4.16. The maximum atomic E-state index is 11.9. The van der Waals surface area contributed by atoms with Crippen LogP contribution < -0.4 is 5.32 Å². The second-order valence-electron chi connectivity index (χ2n) is 5.28.